The van der Waals surface area contributed by atoms with Crippen molar-refractivity contribution in [3.8, 4) is 0 Å². The molecule has 210 valence electrons. The standard InChI is InChI=1S/C34H50O4/c1-5-22-29-18-21(35)12-14-34(29,4)28-13-15-33(3)26(10-11-27(33)30(28)31(22)36)19(2)16-20-17-25(20)23-8-6-7-9-24(23)32(37)38/h6-9,19-22,25-31,35-36H,5,10-18H2,1-4H3,(H,37,38)/t19-,20?,21-,22-,25?,26?,27?,28?,29?,30?,31-,33-,34?/m1/s1. The highest BCUT2D eigenvalue weighted by atomic mass is 16.4. The average Bonchev–Trinajstić information content (AvgIpc) is 3.55. The van der Waals surface area contributed by atoms with Crippen molar-refractivity contribution in [1.29, 1.82) is 0 Å². The molecule has 1 aromatic rings. The van der Waals surface area contributed by atoms with Crippen molar-refractivity contribution in [2.45, 2.75) is 110 Å². The molecular weight excluding hydrogens is 472 g/mol. The Kier molecular flexibility index (Phi) is 6.78. The van der Waals surface area contributed by atoms with Crippen LogP contribution < -0.4 is 0 Å². The lowest BCUT2D eigenvalue weighted by Crippen LogP contribution is -2.62. The molecule has 0 amide bonds. The number of rotatable bonds is 6. The van der Waals surface area contributed by atoms with Gasteiger partial charge in [-0.05, 0) is 134 Å². The van der Waals surface area contributed by atoms with Crippen LogP contribution in [0.3, 0.4) is 0 Å². The van der Waals surface area contributed by atoms with Crippen LogP contribution in [0.4, 0.5) is 0 Å². The maximum Gasteiger partial charge on any atom is 0.335 e. The van der Waals surface area contributed by atoms with E-state index in [1.165, 1.54) is 32.1 Å². The summed E-state index contributed by atoms with van der Waals surface area (Å²) in [6, 6.07) is 7.61. The van der Waals surface area contributed by atoms with Gasteiger partial charge in [0, 0.05) is 0 Å². The predicted octanol–water partition coefficient (Wildman–Crippen LogP) is 7.14. The summed E-state index contributed by atoms with van der Waals surface area (Å²) in [6.07, 6.45) is 10.9. The van der Waals surface area contributed by atoms with Crippen molar-refractivity contribution in [2.75, 3.05) is 0 Å². The van der Waals surface area contributed by atoms with Crippen LogP contribution in [0, 0.1) is 58.2 Å². The Morgan fingerprint density at radius 2 is 1.68 bits per heavy atom. The van der Waals surface area contributed by atoms with E-state index < -0.39 is 5.97 Å². The minimum Gasteiger partial charge on any atom is -0.478 e. The zero-order valence-corrected chi connectivity index (χ0v) is 24.0. The second-order valence-electron chi connectivity index (χ2n) is 14.8. The lowest BCUT2D eigenvalue weighted by molar-refractivity contribution is -0.203. The maximum absolute atomic E-state index is 11.9. The van der Waals surface area contributed by atoms with Gasteiger partial charge < -0.3 is 15.3 Å². The number of aromatic carboxylic acids is 1. The summed E-state index contributed by atoms with van der Waals surface area (Å²) in [5.74, 6) is 3.88. The summed E-state index contributed by atoms with van der Waals surface area (Å²) in [4.78, 5) is 11.8. The molecule has 4 heteroatoms. The molecule has 3 N–H and O–H groups in total. The Morgan fingerprint density at radius 1 is 0.974 bits per heavy atom. The van der Waals surface area contributed by atoms with Crippen LogP contribution in [0.1, 0.15) is 114 Å². The monoisotopic (exact) mass is 522 g/mol. The van der Waals surface area contributed by atoms with E-state index in [0.29, 0.717) is 64.2 Å². The van der Waals surface area contributed by atoms with E-state index >= 15 is 0 Å². The molecule has 38 heavy (non-hydrogen) atoms. The van der Waals surface area contributed by atoms with Crippen molar-refractivity contribution < 1.29 is 20.1 Å². The summed E-state index contributed by atoms with van der Waals surface area (Å²) in [7, 11) is 0. The molecule has 6 rings (SSSR count). The number of aliphatic hydroxyl groups is 2. The normalized spacial score (nSPS) is 48.5. The molecule has 0 heterocycles. The number of hydrogen-bond donors (Lipinski definition) is 3. The van der Waals surface area contributed by atoms with Gasteiger partial charge in [0.05, 0.1) is 17.8 Å². The van der Waals surface area contributed by atoms with Gasteiger partial charge >= 0.3 is 5.97 Å². The van der Waals surface area contributed by atoms with Crippen molar-refractivity contribution in [2.24, 2.45) is 58.2 Å². The molecule has 1 aromatic carbocycles. The molecule has 5 aliphatic carbocycles. The van der Waals surface area contributed by atoms with Crippen molar-refractivity contribution in [1.82, 2.24) is 0 Å². The van der Waals surface area contributed by atoms with Gasteiger partial charge in [0.15, 0.2) is 0 Å². The largest absolute Gasteiger partial charge is 0.478 e. The van der Waals surface area contributed by atoms with Gasteiger partial charge in [-0.25, -0.2) is 4.79 Å². The first kappa shape index (κ1) is 26.8. The molecule has 4 nitrogen and oxygen atoms in total. The Morgan fingerprint density at radius 3 is 2.42 bits per heavy atom. The predicted molar refractivity (Wildman–Crippen MR) is 150 cm³/mol. The zero-order chi connectivity index (χ0) is 27.0. The van der Waals surface area contributed by atoms with Gasteiger partial charge in [-0.3, -0.25) is 0 Å². The van der Waals surface area contributed by atoms with Crippen LogP contribution in [0.25, 0.3) is 0 Å². The van der Waals surface area contributed by atoms with Crippen LogP contribution in [0.15, 0.2) is 24.3 Å². The van der Waals surface area contributed by atoms with E-state index in [0.717, 1.165) is 37.7 Å². The molecule has 0 aromatic heterocycles. The molecule has 0 radical (unpaired) electrons. The van der Waals surface area contributed by atoms with Gasteiger partial charge in [-0.2, -0.15) is 0 Å². The number of carboxylic acid groups (broad SMARTS) is 1. The highest BCUT2D eigenvalue weighted by Gasteiger charge is 2.65. The number of carboxylic acids is 1. The second kappa shape index (κ2) is 9.61. The molecular formula is C34H50O4. The minimum atomic E-state index is -0.804. The van der Waals surface area contributed by atoms with Crippen LogP contribution >= 0.6 is 0 Å². The molecule has 0 spiro atoms. The van der Waals surface area contributed by atoms with Crippen LogP contribution in [-0.4, -0.2) is 33.5 Å². The van der Waals surface area contributed by atoms with Gasteiger partial charge in [0.25, 0.3) is 0 Å². The lowest BCUT2D eigenvalue weighted by atomic mass is 9.41. The Hall–Kier alpha value is -1.39. The molecule has 0 bridgehead atoms. The van der Waals surface area contributed by atoms with E-state index in [1.54, 1.807) is 6.07 Å². The third-order valence-corrected chi connectivity index (χ3v) is 13.3. The first-order chi connectivity index (χ1) is 18.1. The lowest BCUT2D eigenvalue weighted by Gasteiger charge is -2.64. The van der Waals surface area contributed by atoms with E-state index in [-0.39, 0.29) is 17.6 Å². The molecule has 13 atom stereocenters. The van der Waals surface area contributed by atoms with Gasteiger partial charge in [0.1, 0.15) is 0 Å². The van der Waals surface area contributed by atoms with Crippen molar-refractivity contribution in [3.63, 3.8) is 0 Å². The van der Waals surface area contributed by atoms with E-state index in [4.69, 9.17) is 0 Å². The van der Waals surface area contributed by atoms with E-state index in [1.807, 2.05) is 18.2 Å². The number of aliphatic hydroxyl groups excluding tert-OH is 2. The first-order valence-corrected chi connectivity index (χ1v) is 15.8. The highest BCUT2D eigenvalue weighted by molar-refractivity contribution is 5.89. The van der Waals surface area contributed by atoms with Crippen LogP contribution in [-0.2, 0) is 0 Å². The molecule has 5 fully saturated rings. The fourth-order valence-electron chi connectivity index (χ4n) is 11.5. The average molecular weight is 523 g/mol. The summed E-state index contributed by atoms with van der Waals surface area (Å²) < 4.78 is 0. The van der Waals surface area contributed by atoms with Crippen molar-refractivity contribution in [3.05, 3.63) is 35.4 Å². The van der Waals surface area contributed by atoms with Gasteiger partial charge in [-0.15, -0.1) is 0 Å². The van der Waals surface area contributed by atoms with E-state index in [9.17, 15) is 20.1 Å². The molecule has 5 saturated carbocycles. The van der Waals surface area contributed by atoms with E-state index in [2.05, 4.69) is 27.7 Å². The third kappa shape index (κ3) is 4.02. The summed E-state index contributed by atoms with van der Waals surface area (Å²) in [6.45, 7) is 9.81. The molecule has 8 unspecified atom stereocenters. The molecule has 0 aliphatic heterocycles. The third-order valence-electron chi connectivity index (χ3n) is 13.3. The smallest absolute Gasteiger partial charge is 0.335 e. The number of hydrogen-bond acceptors (Lipinski definition) is 3. The van der Waals surface area contributed by atoms with Crippen LogP contribution in [0.5, 0.6) is 0 Å². The number of carbonyl (C=O) groups is 1. The summed E-state index contributed by atoms with van der Waals surface area (Å²) in [5, 5.41) is 32.2. The number of benzene rings is 1. The Labute approximate surface area is 229 Å². The fraction of sp³-hybridized carbons (Fsp3) is 0.794. The maximum atomic E-state index is 11.9. The first-order valence-electron chi connectivity index (χ1n) is 15.8. The van der Waals surface area contributed by atoms with Crippen molar-refractivity contribution >= 4 is 5.97 Å². The molecule has 5 aliphatic rings. The molecule has 0 saturated heterocycles. The zero-order valence-electron chi connectivity index (χ0n) is 24.0. The Balaban J connectivity index is 1.19. The second-order valence-corrected chi connectivity index (χ2v) is 14.8. The fourth-order valence-corrected chi connectivity index (χ4v) is 11.5. The quantitative estimate of drug-likeness (QED) is 0.371. The minimum absolute atomic E-state index is 0.190. The van der Waals surface area contributed by atoms with Crippen LogP contribution in [0.2, 0.25) is 0 Å². The summed E-state index contributed by atoms with van der Waals surface area (Å²) in [5.41, 5.74) is 2.07. The SMILES string of the molecule is CC[C@@H]1C2C[C@H](O)CCC2(C)C2CC[C@@]3(C)C(CCC3[C@H](C)CC3CC3c3ccccc3C(=O)O)C2[C@@H]1O. The van der Waals surface area contributed by atoms with Gasteiger partial charge in [0.2, 0.25) is 0 Å². The summed E-state index contributed by atoms with van der Waals surface area (Å²) >= 11 is 0. The number of fused-ring (bicyclic) bond motifs is 5. The van der Waals surface area contributed by atoms with Gasteiger partial charge in [-0.1, -0.05) is 52.3 Å². The Bertz CT molecular complexity index is 1050. The topological polar surface area (TPSA) is 77.8 Å². The highest BCUT2D eigenvalue weighted by Crippen LogP contribution is 2.70.